The quantitative estimate of drug-likeness (QED) is 0.612. The molecule has 0 aromatic heterocycles. The predicted molar refractivity (Wildman–Crippen MR) is 66.5 cm³/mol. The lowest BCUT2D eigenvalue weighted by Gasteiger charge is -2.10. The van der Waals surface area contributed by atoms with E-state index in [0.29, 0.717) is 6.42 Å². The molecule has 0 saturated heterocycles. The lowest BCUT2D eigenvalue weighted by molar-refractivity contribution is -0.385. The highest BCUT2D eigenvalue weighted by Crippen LogP contribution is 2.19. The molecule has 0 bridgehead atoms. The molecule has 0 spiro atoms. The Hall–Kier alpha value is -1.95. The van der Waals surface area contributed by atoms with Crippen molar-refractivity contribution in [3.05, 3.63) is 39.4 Å². The van der Waals surface area contributed by atoms with Crippen molar-refractivity contribution in [2.45, 2.75) is 26.4 Å². The molecule has 1 unspecified atom stereocenters. The van der Waals surface area contributed by atoms with Gasteiger partial charge in [-0.25, -0.2) is 0 Å². The van der Waals surface area contributed by atoms with Crippen molar-refractivity contribution in [3.63, 3.8) is 0 Å². The molecule has 0 aliphatic carbocycles. The van der Waals surface area contributed by atoms with Crippen molar-refractivity contribution in [3.8, 4) is 0 Å². The van der Waals surface area contributed by atoms with Gasteiger partial charge in [0.1, 0.15) is 5.56 Å². The minimum atomic E-state index is -0.641. The number of nitrogens with zero attached hydrogens (tertiary/aromatic N) is 1. The van der Waals surface area contributed by atoms with Gasteiger partial charge in [-0.15, -0.1) is 0 Å². The van der Waals surface area contributed by atoms with E-state index in [2.05, 4.69) is 5.32 Å². The molecule has 1 rings (SSSR count). The van der Waals surface area contributed by atoms with Gasteiger partial charge in [-0.2, -0.15) is 0 Å². The summed E-state index contributed by atoms with van der Waals surface area (Å²) in [6, 6.07) is 4.35. The maximum Gasteiger partial charge on any atom is 0.282 e. The molecular formula is C12H16N2O4. The number of hydrogen-bond donors (Lipinski definition) is 2. The van der Waals surface area contributed by atoms with Gasteiger partial charge in [0.15, 0.2) is 0 Å². The fraction of sp³-hybridized carbons (Fsp3) is 0.417. The van der Waals surface area contributed by atoms with E-state index in [0.717, 1.165) is 5.56 Å². The van der Waals surface area contributed by atoms with Crippen molar-refractivity contribution in [2.24, 2.45) is 0 Å². The summed E-state index contributed by atoms with van der Waals surface area (Å²) in [6.07, 6.45) is -0.131. The predicted octanol–water partition coefficient (Wildman–Crippen LogP) is 1.40. The standard InChI is InChI=1S/C12H16N2O4/c1-3-9(15)7-13-12(16)10-6-8(2)4-5-11(10)14(17)18/h4-6,9,15H,3,7H2,1-2H3,(H,13,16). The number of nitro groups is 1. The molecule has 1 aromatic rings. The van der Waals surface area contributed by atoms with E-state index in [1.807, 2.05) is 0 Å². The first kappa shape index (κ1) is 14.1. The number of carbonyl (C=O) groups is 1. The Morgan fingerprint density at radius 3 is 2.78 bits per heavy atom. The summed E-state index contributed by atoms with van der Waals surface area (Å²) >= 11 is 0. The number of amides is 1. The Bertz CT molecular complexity index is 459. The first-order valence-corrected chi connectivity index (χ1v) is 5.67. The highest BCUT2D eigenvalue weighted by molar-refractivity contribution is 5.98. The Balaban J connectivity index is 2.90. The summed E-state index contributed by atoms with van der Waals surface area (Å²) in [5.74, 6) is -0.544. The van der Waals surface area contributed by atoms with Gasteiger partial charge in [-0.05, 0) is 25.0 Å². The van der Waals surface area contributed by atoms with E-state index < -0.39 is 16.9 Å². The molecule has 0 aliphatic rings. The van der Waals surface area contributed by atoms with Gasteiger partial charge in [0, 0.05) is 12.6 Å². The summed E-state index contributed by atoms with van der Waals surface area (Å²) in [4.78, 5) is 22.0. The number of nitrogens with one attached hydrogen (secondary N) is 1. The van der Waals surface area contributed by atoms with Crippen LogP contribution in [0.15, 0.2) is 18.2 Å². The molecule has 0 fully saturated rings. The third-order valence-electron chi connectivity index (χ3n) is 2.56. The zero-order valence-electron chi connectivity index (χ0n) is 10.3. The maximum absolute atomic E-state index is 11.8. The van der Waals surface area contributed by atoms with Gasteiger partial charge in [0.05, 0.1) is 11.0 Å². The van der Waals surface area contributed by atoms with E-state index in [4.69, 9.17) is 0 Å². The summed E-state index contributed by atoms with van der Waals surface area (Å²) in [7, 11) is 0. The van der Waals surface area contributed by atoms with Gasteiger partial charge >= 0.3 is 0 Å². The largest absolute Gasteiger partial charge is 0.391 e. The second kappa shape index (κ2) is 6.11. The van der Waals surface area contributed by atoms with Crippen LogP contribution in [-0.4, -0.2) is 28.6 Å². The molecule has 1 aromatic carbocycles. The van der Waals surface area contributed by atoms with E-state index in [1.165, 1.54) is 12.1 Å². The topological polar surface area (TPSA) is 92.5 Å². The van der Waals surface area contributed by atoms with Gasteiger partial charge in [-0.3, -0.25) is 14.9 Å². The molecule has 2 N–H and O–H groups in total. The third-order valence-corrected chi connectivity index (χ3v) is 2.56. The molecular weight excluding hydrogens is 236 g/mol. The monoisotopic (exact) mass is 252 g/mol. The van der Waals surface area contributed by atoms with E-state index in [9.17, 15) is 20.0 Å². The van der Waals surface area contributed by atoms with Crippen LogP contribution in [0, 0.1) is 17.0 Å². The van der Waals surface area contributed by atoms with Crippen LogP contribution in [0.2, 0.25) is 0 Å². The van der Waals surface area contributed by atoms with Crippen molar-refractivity contribution >= 4 is 11.6 Å². The van der Waals surface area contributed by atoms with Crippen molar-refractivity contribution < 1.29 is 14.8 Å². The summed E-state index contributed by atoms with van der Waals surface area (Å²) in [6.45, 7) is 3.62. The lowest BCUT2D eigenvalue weighted by atomic mass is 10.1. The zero-order chi connectivity index (χ0) is 13.7. The Kier molecular flexibility index (Phi) is 4.79. The second-order valence-electron chi connectivity index (χ2n) is 4.05. The second-order valence-corrected chi connectivity index (χ2v) is 4.05. The van der Waals surface area contributed by atoms with Gasteiger partial charge in [0.25, 0.3) is 11.6 Å². The first-order chi connectivity index (χ1) is 8.45. The normalized spacial score (nSPS) is 11.9. The Morgan fingerprint density at radius 1 is 1.56 bits per heavy atom. The number of hydrogen-bond acceptors (Lipinski definition) is 4. The lowest BCUT2D eigenvalue weighted by Crippen LogP contribution is -2.32. The average molecular weight is 252 g/mol. The molecule has 0 aliphatic heterocycles. The van der Waals surface area contributed by atoms with Crippen LogP contribution in [0.4, 0.5) is 5.69 Å². The molecule has 1 atom stereocenters. The maximum atomic E-state index is 11.8. The van der Waals surface area contributed by atoms with Crippen LogP contribution in [0.5, 0.6) is 0 Å². The van der Waals surface area contributed by atoms with Gasteiger partial charge < -0.3 is 10.4 Å². The molecule has 6 heteroatoms. The van der Waals surface area contributed by atoms with Gasteiger partial charge in [-0.1, -0.05) is 13.0 Å². The third kappa shape index (κ3) is 3.53. The average Bonchev–Trinajstić information content (AvgIpc) is 2.34. The fourth-order valence-electron chi connectivity index (χ4n) is 1.44. The molecule has 0 saturated carbocycles. The summed E-state index contributed by atoms with van der Waals surface area (Å²) < 4.78 is 0. The molecule has 18 heavy (non-hydrogen) atoms. The Labute approximate surface area is 105 Å². The van der Waals surface area contributed by atoms with Crippen molar-refractivity contribution in [1.82, 2.24) is 5.32 Å². The number of aliphatic hydroxyl groups excluding tert-OH is 1. The minimum Gasteiger partial charge on any atom is -0.391 e. The van der Waals surface area contributed by atoms with Crippen molar-refractivity contribution in [1.29, 1.82) is 0 Å². The number of benzene rings is 1. The smallest absolute Gasteiger partial charge is 0.282 e. The van der Waals surface area contributed by atoms with E-state index in [1.54, 1.807) is 19.9 Å². The van der Waals surface area contributed by atoms with Crippen LogP contribution >= 0.6 is 0 Å². The highest BCUT2D eigenvalue weighted by atomic mass is 16.6. The molecule has 98 valence electrons. The zero-order valence-corrected chi connectivity index (χ0v) is 10.3. The SMILES string of the molecule is CCC(O)CNC(=O)c1cc(C)ccc1[N+](=O)[O-]. The number of nitro benzene ring substituents is 1. The summed E-state index contributed by atoms with van der Waals surface area (Å²) in [5.41, 5.74) is 0.550. The minimum absolute atomic E-state index is 0.0169. The van der Waals surface area contributed by atoms with Crippen LogP contribution < -0.4 is 5.32 Å². The number of aliphatic hydroxyl groups is 1. The van der Waals surface area contributed by atoms with Crippen molar-refractivity contribution in [2.75, 3.05) is 6.54 Å². The van der Waals surface area contributed by atoms with Crippen LogP contribution in [-0.2, 0) is 0 Å². The summed E-state index contributed by atoms with van der Waals surface area (Å²) in [5, 5.41) is 22.6. The van der Waals surface area contributed by atoms with Crippen LogP contribution in [0.3, 0.4) is 0 Å². The Morgan fingerprint density at radius 2 is 2.22 bits per heavy atom. The number of rotatable bonds is 5. The molecule has 0 heterocycles. The number of aryl methyl sites for hydroxylation is 1. The first-order valence-electron chi connectivity index (χ1n) is 5.67. The molecule has 1 amide bonds. The van der Waals surface area contributed by atoms with Crippen LogP contribution in [0.1, 0.15) is 29.3 Å². The number of carbonyl (C=O) groups excluding carboxylic acids is 1. The van der Waals surface area contributed by atoms with E-state index >= 15 is 0 Å². The molecule has 6 nitrogen and oxygen atoms in total. The van der Waals surface area contributed by atoms with Crippen LogP contribution in [0.25, 0.3) is 0 Å². The van der Waals surface area contributed by atoms with E-state index in [-0.39, 0.29) is 17.8 Å². The highest BCUT2D eigenvalue weighted by Gasteiger charge is 2.20. The van der Waals surface area contributed by atoms with Gasteiger partial charge in [0.2, 0.25) is 0 Å². The fourth-order valence-corrected chi connectivity index (χ4v) is 1.44. The molecule has 0 radical (unpaired) electrons.